The number of nitrogens with one attached hydrogen (secondary N) is 3. The lowest BCUT2D eigenvalue weighted by Gasteiger charge is -2.32. The summed E-state index contributed by atoms with van der Waals surface area (Å²) in [6, 6.07) is 29.9. The standard InChI is InChI=1S/C53H68N6O11/c1-6-40(7-2)59(29-28-57(3)45(63)26-27-46(64)58(4)32-43(61)48(65)49(66)44(62)33-60)31-36-14-11-15-38(30-36)51(67)56-50-47(41-16-8-9-17-42(41)55-50)52(68)54-39-24-20-35(21-25-39)13-10-12-34-18-22-37(23-19-34)53(69)70-5/h8-9,11,14-25,30,40,43-44,48-49,55,60-62,65-66H,6-7,10,12-13,26-29,31-33H2,1-5H3,(H,54,68)(H,56,67)/t43-,44+,48+,49+/m0/s1. The molecule has 0 aliphatic carbocycles. The number of anilines is 2. The third-order valence-electron chi connectivity index (χ3n) is 12.6. The van der Waals surface area contributed by atoms with Crippen molar-refractivity contribution in [3.05, 3.63) is 130 Å². The highest BCUT2D eigenvalue weighted by atomic mass is 16.5. The minimum absolute atomic E-state index is 0.0975. The number of aryl methyl sites for hydroxylation is 2. The fourth-order valence-electron chi connectivity index (χ4n) is 8.32. The maximum Gasteiger partial charge on any atom is 0.337 e. The maximum atomic E-state index is 14.0. The number of aromatic nitrogens is 1. The Morgan fingerprint density at radius 2 is 1.29 bits per heavy atom. The molecule has 0 aliphatic rings. The second kappa shape index (κ2) is 26.5. The number of amides is 4. The number of benzene rings is 4. The predicted molar refractivity (Wildman–Crippen MR) is 267 cm³/mol. The number of aliphatic hydroxyl groups is 5. The number of aliphatic hydroxyl groups excluding tert-OH is 5. The van der Waals surface area contributed by atoms with Gasteiger partial charge in [0.2, 0.25) is 11.8 Å². The minimum atomic E-state index is -1.82. The summed E-state index contributed by atoms with van der Waals surface area (Å²) in [6.07, 6.45) is -2.90. The number of likely N-dealkylation sites (N-methyl/N-ethyl adjacent to an activating group) is 2. The van der Waals surface area contributed by atoms with Crippen LogP contribution in [0, 0.1) is 0 Å². The van der Waals surface area contributed by atoms with Gasteiger partial charge in [-0.2, -0.15) is 0 Å². The first-order valence-electron chi connectivity index (χ1n) is 23.7. The number of carbonyl (C=O) groups is 5. The SMILES string of the molecule is CCC(CC)N(CCN(C)C(=O)CCC(=O)N(C)C[C@H](O)[C@@H](O)[C@H](O)[C@H](O)CO)Cc1cccc(C(=O)Nc2[nH]c3ccccc3c2C(=O)Nc2ccc(CCCc3ccc(C(=O)OC)cc3)cc2)c1. The van der Waals surface area contributed by atoms with Crippen LogP contribution in [0.3, 0.4) is 0 Å². The molecule has 17 nitrogen and oxygen atoms in total. The zero-order valence-corrected chi connectivity index (χ0v) is 40.6. The molecule has 1 aromatic heterocycles. The summed E-state index contributed by atoms with van der Waals surface area (Å²) in [5.74, 6) is -1.63. The molecule has 0 saturated heterocycles. The normalized spacial score (nSPS) is 13.1. The van der Waals surface area contributed by atoms with E-state index in [9.17, 15) is 44.4 Å². The van der Waals surface area contributed by atoms with E-state index >= 15 is 0 Å². The summed E-state index contributed by atoms with van der Waals surface area (Å²) in [6.45, 7) is 4.36. The molecule has 0 aliphatic heterocycles. The summed E-state index contributed by atoms with van der Waals surface area (Å²) in [7, 11) is 4.41. The molecule has 0 bridgehead atoms. The summed E-state index contributed by atoms with van der Waals surface area (Å²) in [5, 5.41) is 55.4. The molecule has 0 fully saturated rings. The van der Waals surface area contributed by atoms with Crippen molar-refractivity contribution in [2.45, 2.75) is 95.8 Å². The molecule has 0 spiro atoms. The average Bonchev–Trinajstić information content (AvgIpc) is 3.74. The van der Waals surface area contributed by atoms with Crippen LogP contribution in [-0.2, 0) is 33.7 Å². The molecule has 4 amide bonds. The Morgan fingerprint density at radius 1 is 0.671 bits per heavy atom. The van der Waals surface area contributed by atoms with Crippen LogP contribution >= 0.6 is 0 Å². The Hall–Kier alpha value is -6.47. The molecule has 0 unspecified atom stereocenters. The monoisotopic (exact) mass is 964 g/mol. The highest BCUT2D eigenvalue weighted by molar-refractivity contribution is 6.19. The van der Waals surface area contributed by atoms with Crippen LogP contribution in [0.2, 0.25) is 0 Å². The topological polar surface area (TPSA) is 245 Å². The van der Waals surface area contributed by atoms with Gasteiger partial charge in [0.25, 0.3) is 11.8 Å². The fourth-order valence-corrected chi connectivity index (χ4v) is 8.32. The smallest absolute Gasteiger partial charge is 0.337 e. The van der Waals surface area contributed by atoms with Gasteiger partial charge in [-0.3, -0.25) is 24.1 Å². The van der Waals surface area contributed by atoms with Gasteiger partial charge in [-0.1, -0.05) is 68.4 Å². The summed E-state index contributed by atoms with van der Waals surface area (Å²) in [5.41, 5.74) is 5.59. The van der Waals surface area contributed by atoms with Gasteiger partial charge in [-0.15, -0.1) is 0 Å². The molecule has 70 heavy (non-hydrogen) atoms. The first-order chi connectivity index (χ1) is 33.6. The summed E-state index contributed by atoms with van der Waals surface area (Å²) >= 11 is 0. The predicted octanol–water partition coefficient (Wildman–Crippen LogP) is 4.76. The number of aromatic amines is 1. The Bertz CT molecular complexity index is 2510. The Balaban J connectivity index is 1.17. The zero-order chi connectivity index (χ0) is 50.9. The van der Waals surface area contributed by atoms with Crippen molar-refractivity contribution in [3.8, 4) is 0 Å². The van der Waals surface area contributed by atoms with Gasteiger partial charge in [-0.05, 0) is 91.3 Å². The number of para-hydroxylation sites is 1. The molecular weight excluding hydrogens is 897 g/mol. The first kappa shape index (κ1) is 54.5. The minimum Gasteiger partial charge on any atom is -0.465 e. The zero-order valence-electron chi connectivity index (χ0n) is 40.6. The number of methoxy groups -OCH3 is 1. The van der Waals surface area contributed by atoms with Crippen LogP contribution in [0.1, 0.15) is 93.7 Å². The molecule has 376 valence electrons. The van der Waals surface area contributed by atoms with Gasteiger partial charge in [0.15, 0.2) is 0 Å². The quantitative estimate of drug-likeness (QED) is 0.0350. The number of H-pyrrole nitrogens is 1. The lowest BCUT2D eigenvalue weighted by molar-refractivity contribution is -0.140. The number of nitrogens with zero attached hydrogens (tertiary/aromatic N) is 3. The molecule has 4 aromatic carbocycles. The van der Waals surface area contributed by atoms with Crippen molar-refractivity contribution in [1.29, 1.82) is 0 Å². The molecule has 0 radical (unpaired) electrons. The van der Waals surface area contributed by atoms with E-state index in [1.807, 2.05) is 78.9 Å². The second-order valence-electron chi connectivity index (χ2n) is 17.6. The molecule has 5 rings (SSSR count). The molecule has 8 N–H and O–H groups in total. The van der Waals surface area contributed by atoms with E-state index in [2.05, 4.69) is 34.4 Å². The number of rotatable bonds is 26. The lowest BCUT2D eigenvalue weighted by Crippen LogP contribution is -2.50. The van der Waals surface area contributed by atoms with Gasteiger partial charge in [0, 0.05) is 81.3 Å². The number of carbonyl (C=O) groups excluding carboxylic acids is 5. The highest BCUT2D eigenvalue weighted by Crippen LogP contribution is 2.28. The fraction of sp³-hybridized carbons (Fsp3) is 0.415. The Kier molecular flexibility index (Phi) is 20.6. The third-order valence-corrected chi connectivity index (χ3v) is 12.6. The third kappa shape index (κ3) is 15.0. The van der Waals surface area contributed by atoms with Gasteiger partial charge in [0.05, 0.1) is 24.8 Å². The molecule has 4 atom stereocenters. The van der Waals surface area contributed by atoms with Crippen LogP contribution < -0.4 is 10.6 Å². The molecule has 0 saturated carbocycles. The second-order valence-corrected chi connectivity index (χ2v) is 17.6. The van der Waals surface area contributed by atoms with Crippen molar-refractivity contribution in [2.75, 3.05) is 58.1 Å². The van der Waals surface area contributed by atoms with E-state index < -0.39 is 48.7 Å². The van der Waals surface area contributed by atoms with Crippen molar-refractivity contribution in [1.82, 2.24) is 19.7 Å². The van der Waals surface area contributed by atoms with Crippen molar-refractivity contribution < 1.29 is 54.2 Å². The average molecular weight is 965 g/mol. The van der Waals surface area contributed by atoms with Crippen molar-refractivity contribution in [2.24, 2.45) is 0 Å². The van der Waals surface area contributed by atoms with Gasteiger partial charge in [0.1, 0.15) is 30.2 Å². The van der Waals surface area contributed by atoms with Crippen molar-refractivity contribution in [3.63, 3.8) is 0 Å². The van der Waals surface area contributed by atoms with E-state index in [-0.39, 0.29) is 43.1 Å². The largest absolute Gasteiger partial charge is 0.465 e. The number of hydrogen-bond donors (Lipinski definition) is 8. The van der Waals surface area contributed by atoms with Crippen LogP contribution in [0.15, 0.2) is 97.1 Å². The number of ether oxygens (including phenoxy) is 1. The molecule has 5 aromatic rings. The Labute approximate surface area is 409 Å². The number of fused-ring (bicyclic) bond motifs is 1. The number of esters is 1. The number of hydrogen-bond acceptors (Lipinski definition) is 12. The van der Waals surface area contributed by atoms with Crippen molar-refractivity contribution >= 4 is 52.0 Å². The van der Waals surface area contributed by atoms with Gasteiger partial charge in [-0.25, -0.2) is 4.79 Å². The van der Waals surface area contributed by atoms with E-state index in [0.717, 1.165) is 53.7 Å². The van der Waals surface area contributed by atoms with Crippen LogP contribution in [0.5, 0.6) is 0 Å². The van der Waals surface area contributed by atoms with E-state index in [4.69, 9.17) is 9.84 Å². The first-order valence-corrected chi connectivity index (χ1v) is 23.7. The Morgan fingerprint density at radius 3 is 1.91 bits per heavy atom. The molecular formula is C53H68N6O11. The van der Waals surface area contributed by atoms with E-state index in [1.54, 1.807) is 30.1 Å². The molecule has 17 heteroatoms. The summed E-state index contributed by atoms with van der Waals surface area (Å²) < 4.78 is 4.78. The van der Waals surface area contributed by atoms with E-state index in [0.29, 0.717) is 52.9 Å². The van der Waals surface area contributed by atoms with Gasteiger partial charge < -0.3 is 55.7 Å². The van der Waals surface area contributed by atoms with E-state index in [1.165, 1.54) is 14.2 Å². The summed E-state index contributed by atoms with van der Waals surface area (Å²) in [4.78, 5) is 73.8. The van der Waals surface area contributed by atoms with Crippen LogP contribution in [0.25, 0.3) is 10.9 Å². The van der Waals surface area contributed by atoms with Crippen LogP contribution in [0.4, 0.5) is 11.5 Å². The van der Waals surface area contributed by atoms with Gasteiger partial charge >= 0.3 is 5.97 Å². The maximum absolute atomic E-state index is 14.0. The highest BCUT2D eigenvalue weighted by Gasteiger charge is 2.31. The molecule has 1 heterocycles. The lowest BCUT2D eigenvalue weighted by atomic mass is 10.0. The van der Waals surface area contributed by atoms with Crippen LogP contribution in [-0.4, -0.2) is 153 Å².